The number of hydrogen-bond donors (Lipinski definition) is 0. The highest BCUT2D eigenvalue weighted by Gasteiger charge is 2.40. The van der Waals surface area contributed by atoms with Gasteiger partial charge in [0.15, 0.2) is 0 Å². The predicted octanol–water partition coefficient (Wildman–Crippen LogP) is 2.56. The molecule has 162 valence electrons. The Balaban J connectivity index is 1.77. The van der Waals surface area contributed by atoms with Crippen molar-refractivity contribution in [1.29, 1.82) is 0 Å². The lowest BCUT2D eigenvalue weighted by Crippen LogP contribution is -2.37. The zero-order chi connectivity index (χ0) is 22.8. The molecule has 0 saturated heterocycles. The molecule has 0 bridgehead atoms. The summed E-state index contributed by atoms with van der Waals surface area (Å²) in [6.45, 7) is 6.09. The Morgan fingerprint density at radius 3 is 2.28 bits per heavy atom. The zero-order valence-electron chi connectivity index (χ0n) is 18.7. The van der Waals surface area contributed by atoms with Crippen LogP contribution < -0.4 is 24.7 Å². The molecule has 2 aliphatic heterocycles. The van der Waals surface area contributed by atoms with Gasteiger partial charge < -0.3 is 9.47 Å². The van der Waals surface area contributed by atoms with Gasteiger partial charge in [-0.25, -0.2) is 0 Å². The van der Waals surface area contributed by atoms with Crippen LogP contribution in [0.25, 0.3) is 11.3 Å². The molecule has 3 heterocycles. The summed E-state index contributed by atoms with van der Waals surface area (Å²) in [6, 6.07) is 17.6. The molecule has 0 fully saturated rings. The van der Waals surface area contributed by atoms with Crippen molar-refractivity contribution in [3.05, 3.63) is 79.7 Å². The number of fused-ring (bicyclic) bond motifs is 1. The summed E-state index contributed by atoms with van der Waals surface area (Å²) in [5.74, 6) is -0.218. The summed E-state index contributed by atoms with van der Waals surface area (Å²) in [5.41, 5.74) is 4.60. The maximum Gasteiger partial charge on any atom is 0.283 e. The van der Waals surface area contributed by atoms with Crippen LogP contribution in [0.1, 0.15) is 26.3 Å². The lowest BCUT2D eigenvalue weighted by atomic mass is 9.84. The maximum atomic E-state index is 13.4. The number of thiazole rings is 1. The summed E-state index contributed by atoms with van der Waals surface area (Å²) in [4.78, 5) is 28.9. The molecule has 0 saturated carbocycles. The molecular weight excluding hydrogens is 420 g/mol. The van der Waals surface area contributed by atoms with Crippen LogP contribution in [0.15, 0.2) is 64.5 Å². The van der Waals surface area contributed by atoms with Crippen LogP contribution in [-0.4, -0.2) is 23.2 Å². The Hall–Kier alpha value is -3.45. The summed E-state index contributed by atoms with van der Waals surface area (Å²) >= 11 is 1.37. The molecule has 0 unspecified atom stereocenters. The molecule has 1 aromatic heterocycles. The number of nitrogens with zero attached hydrogens (tertiary/aromatic N) is 4. The second kappa shape index (κ2) is 7.03. The summed E-state index contributed by atoms with van der Waals surface area (Å²) < 4.78 is 2.86. The Morgan fingerprint density at radius 2 is 1.59 bits per heavy atom. The van der Waals surface area contributed by atoms with Crippen molar-refractivity contribution < 1.29 is 4.79 Å². The molecule has 0 radical (unpaired) electrons. The number of rotatable bonds is 1. The number of likely N-dealkylation sites (N-methyl/N-ethyl adjacent to an activating group) is 1. The van der Waals surface area contributed by atoms with Gasteiger partial charge in [-0.1, -0.05) is 50.2 Å². The van der Waals surface area contributed by atoms with E-state index in [2.05, 4.69) is 36.0 Å². The minimum absolute atomic E-state index is 0.0982. The number of carbonyl (C=O) groups excluding carboxylic acids is 1. The molecule has 0 N–H and O–H groups in total. The van der Waals surface area contributed by atoms with E-state index in [0.717, 1.165) is 11.4 Å². The van der Waals surface area contributed by atoms with Crippen LogP contribution >= 0.6 is 11.3 Å². The van der Waals surface area contributed by atoms with Gasteiger partial charge in [0, 0.05) is 25.2 Å². The topological polar surface area (TPSA) is 57.9 Å². The number of amides is 1. The molecule has 0 atom stereocenters. The van der Waals surface area contributed by atoms with Gasteiger partial charge in [0.05, 0.1) is 22.7 Å². The second-order valence-corrected chi connectivity index (χ2v) is 9.66. The molecule has 0 aliphatic carbocycles. The second-order valence-electron chi connectivity index (χ2n) is 8.66. The Kier molecular flexibility index (Phi) is 4.49. The van der Waals surface area contributed by atoms with Crippen LogP contribution in [0, 0.1) is 0 Å². The smallest absolute Gasteiger partial charge is 0.283 e. The fourth-order valence-electron chi connectivity index (χ4n) is 4.72. The highest BCUT2D eigenvalue weighted by Crippen LogP contribution is 2.46. The molecule has 32 heavy (non-hydrogen) atoms. The van der Waals surface area contributed by atoms with Crippen LogP contribution in [0.5, 0.6) is 0 Å². The molecule has 2 aromatic carbocycles. The van der Waals surface area contributed by atoms with Gasteiger partial charge in [-0.15, -0.1) is 11.3 Å². The summed E-state index contributed by atoms with van der Waals surface area (Å²) in [5, 5.41) is 5.89. The van der Waals surface area contributed by atoms with Crippen LogP contribution in [0.4, 0.5) is 11.4 Å². The van der Waals surface area contributed by atoms with Gasteiger partial charge in [0.2, 0.25) is 0 Å². The maximum absolute atomic E-state index is 13.4. The van der Waals surface area contributed by atoms with E-state index in [1.165, 1.54) is 21.9 Å². The summed E-state index contributed by atoms with van der Waals surface area (Å²) in [7, 11) is 3.73. The van der Waals surface area contributed by atoms with E-state index in [9.17, 15) is 9.59 Å². The van der Waals surface area contributed by atoms with E-state index in [1.54, 1.807) is 11.6 Å². The fraction of sp³-hybridized carbons (Fsp3) is 0.240. The van der Waals surface area contributed by atoms with E-state index in [-0.39, 0.29) is 16.9 Å². The van der Waals surface area contributed by atoms with Crippen LogP contribution in [0.2, 0.25) is 0 Å². The molecule has 7 heteroatoms. The van der Waals surface area contributed by atoms with Crippen LogP contribution in [0.3, 0.4) is 0 Å². The van der Waals surface area contributed by atoms with Crippen molar-refractivity contribution in [3.8, 4) is 0 Å². The highest BCUT2D eigenvalue weighted by atomic mass is 32.1. The van der Waals surface area contributed by atoms with Crippen molar-refractivity contribution in [3.63, 3.8) is 0 Å². The van der Waals surface area contributed by atoms with Gasteiger partial charge in [-0.05, 0) is 30.7 Å². The van der Waals surface area contributed by atoms with E-state index in [1.807, 2.05) is 56.4 Å². The Morgan fingerprint density at radius 1 is 0.938 bits per heavy atom. The van der Waals surface area contributed by atoms with Crippen molar-refractivity contribution in [2.75, 3.05) is 17.0 Å². The third-order valence-corrected chi connectivity index (χ3v) is 7.56. The van der Waals surface area contributed by atoms with Gasteiger partial charge in [0.25, 0.3) is 11.5 Å². The number of benzene rings is 2. The van der Waals surface area contributed by atoms with E-state index in [0.29, 0.717) is 26.2 Å². The lowest BCUT2D eigenvalue weighted by molar-refractivity contribution is -0.112. The van der Waals surface area contributed by atoms with E-state index in [4.69, 9.17) is 0 Å². The average Bonchev–Trinajstić information content (AvgIpc) is 3.31. The van der Waals surface area contributed by atoms with Crippen molar-refractivity contribution in [2.45, 2.75) is 26.2 Å². The third-order valence-electron chi connectivity index (χ3n) is 6.32. The van der Waals surface area contributed by atoms with E-state index < -0.39 is 0 Å². The fourth-order valence-corrected chi connectivity index (χ4v) is 6.18. The van der Waals surface area contributed by atoms with Gasteiger partial charge in [-0.3, -0.25) is 9.59 Å². The Bertz CT molecular complexity index is 1480. The number of carbonyl (C=O) groups is 1. The SMILES string of the molecule is CC1=NN(c2ccccc2)C(=O)/C1=c1/s/c(=C2/N(C)c3ccccc3C2(C)C)c(=O)n1C. The minimum atomic E-state index is -0.330. The number of aromatic nitrogens is 1. The standard InChI is InChI=1S/C25H24N4O2S/c1-15-19(22(30)29(26-15)16-11-7-6-8-12-16)24-28(5)23(31)20(32-24)21-25(2,3)17-13-9-10-14-18(17)27(21)4/h6-14H,1-5H3/b21-20+,24-19+. The molecular formula is C25H24N4O2S. The number of para-hydroxylation sites is 2. The Labute approximate surface area is 190 Å². The normalized spacial score (nSPS) is 20.7. The number of anilines is 2. The van der Waals surface area contributed by atoms with E-state index >= 15 is 0 Å². The molecule has 1 amide bonds. The molecule has 3 aromatic rings. The first-order chi connectivity index (χ1) is 15.2. The number of hydrazone groups is 1. The quantitative estimate of drug-likeness (QED) is 0.580. The molecule has 5 rings (SSSR count). The van der Waals surface area contributed by atoms with Crippen molar-refractivity contribution >= 4 is 45.6 Å². The summed E-state index contributed by atoms with van der Waals surface area (Å²) in [6.07, 6.45) is 0. The van der Waals surface area contributed by atoms with Crippen LogP contribution in [-0.2, 0) is 17.3 Å². The first-order valence-electron chi connectivity index (χ1n) is 10.5. The van der Waals surface area contributed by atoms with Gasteiger partial charge in [-0.2, -0.15) is 10.1 Å². The average molecular weight is 445 g/mol. The van der Waals surface area contributed by atoms with Gasteiger partial charge >= 0.3 is 0 Å². The lowest BCUT2D eigenvalue weighted by Gasteiger charge is -2.23. The highest BCUT2D eigenvalue weighted by molar-refractivity contribution is 7.08. The molecule has 0 spiro atoms. The number of hydrogen-bond acceptors (Lipinski definition) is 5. The first-order valence-corrected chi connectivity index (χ1v) is 11.3. The van der Waals surface area contributed by atoms with Gasteiger partial charge in [0.1, 0.15) is 9.20 Å². The zero-order valence-corrected chi connectivity index (χ0v) is 19.5. The molecule has 6 nitrogen and oxygen atoms in total. The largest absolute Gasteiger partial charge is 0.346 e. The van der Waals surface area contributed by atoms with Crippen molar-refractivity contribution in [1.82, 2.24) is 4.57 Å². The first kappa shape index (κ1) is 20.5. The predicted molar refractivity (Wildman–Crippen MR) is 131 cm³/mol. The minimum Gasteiger partial charge on any atom is -0.346 e. The third kappa shape index (κ3) is 2.74. The molecule has 2 aliphatic rings. The van der Waals surface area contributed by atoms with Crippen molar-refractivity contribution in [2.24, 2.45) is 12.1 Å². The monoisotopic (exact) mass is 444 g/mol.